The van der Waals surface area contributed by atoms with Crippen LogP contribution in [-0.2, 0) is 11.3 Å². The van der Waals surface area contributed by atoms with Crippen molar-refractivity contribution in [2.45, 2.75) is 10.9 Å². The topological polar surface area (TPSA) is 109 Å². The predicted molar refractivity (Wildman–Crippen MR) is 88.4 cm³/mol. The van der Waals surface area contributed by atoms with Gasteiger partial charge in [0.1, 0.15) is 5.76 Å². The first-order chi connectivity index (χ1) is 11.2. The number of urea groups is 1. The quantitative estimate of drug-likeness (QED) is 0.491. The molecule has 0 atom stereocenters. The van der Waals surface area contributed by atoms with Crippen molar-refractivity contribution < 1.29 is 14.0 Å². The Balaban J connectivity index is 1.66. The van der Waals surface area contributed by atoms with Crippen LogP contribution >= 0.6 is 23.1 Å². The molecule has 0 spiro atoms. The smallest absolute Gasteiger partial charge is 0.321 e. The second kappa shape index (κ2) is 8.96. The minimum atomic E-state index is -0.572. The van der Waals surface area contributed by atoms with Crippen molar-refractivity contribution in [1.82, 2.24) is 20.8 Å². The molecule has 2 aromatic heterocycles. The molecule has 23 heavy (non-hydrogen) atoms. The number of carbonyl (C=O) groups is 2. The zero-order valence-electron chi connectivity index (χ0n) is 12.1. The summed E-state index contributed by atoms with van der Waals surface area (Å²) in [5, 5.41) is 16.3. The first kappa shape index (κ1) is 17.0. The molecule has 0 fully saturated rings. The van der Waals surface area contributed by atoms with E-state index in [0.717, 1.165) is 0 Å². The summed E-state index contributed by atoms with van der Waals surface area (Å²) in [6.07, 6.45) is 3.22. The Morgan fingerprint density at radius 1 is 1.43 bits per heavy atom. The highest BCUT2D eigenvalue weighted by molar-refractivity contribution is 8.01. The van der Waals surface area contributed by atoms with Gasteiger partial charge < -0.3 is 15.1 Å². The second-order valence-electron chi connectivity index (χ2n) is 4.14. The zero-order chi connectivity index (χ0) is 16.5. The second-order valence-corrected chi connectivity index (χ2v) is 6.34. The molecule has 2 aromatic rings. The number of hydrogen-bond donors (Lipinski definition) is 3. The van der Waals surface area contributed by atoms with Crippen molar-refractivity contribution >= 4 is 40.2 Å². The molecule has 0 unspecified atom stereocenters. The third-order valence-corrected chi connectivity index (χ3v) is 4.40. The fourth-order valence-corrected chi connectivity index (χ4v) is 2.97. The molecular weight excluding hydrogens is 338 g/mol. The minimum Gasteiger partial charge on any atom is -0.467 e. The largest absolute Gasteiger partial charge is 0.467 e. The van der Waals surface area contributed by atoms with Crippen molar-refractivity contribution in [3.8, 4) is 0 Å². The highest BCUT2D eigenvalue weighted by atomic mass is 32.2. The van der Waals surface area contributed by atoms with Gasteiger partial charge in [-0.15, -0.1) is 16.8 Å². The molecule has 122 valence electrons. The summed E-state index contributed by atoms with van der Waals surface area (Å²) < 4.78 is 5.71. The van der Waals surface area contributed by atoms with Crippen LogP contribution in [0, 0.1) is 0 Å². The maximum absolute atomic E-state index is 11.7. The Labute approximate surface area is 140 Å². The Morgan fingerprint density at radius 2 is 2.30 bits per heavy atom. The van der Waals surface area contributed by atoms with E-state index < -0.39 is 11.9 Å². The van der Waals surface area contributed by atoms with E-state index in [0.29, 0.717) is 21.8 Å². The van der Waals surface area contributed by atoms with Gasteiger partial charge in [0.2, 0.25) is 11.0 Å². The maximum Gasteiger partial charge on any atom is 0.321 e. The Kier molecular flexibility index (Phi) is 6.63. The fraction of sp³-hybridized carbons (Fsp3) is 0.231. The number of thioether (sulfide) groups is 1. The number of amides is 3. The van der Waals surface area contributed by atoms with Gasteiger partial charge in [-0.1, -0.05) is 29.2 Å². The molecule has 2 rings (SSSR count). The summed E-state index contributed by atoms with van der Waals surface area (Å²) in [6, 6.07) is 2.88. The van der Waals surface area contributed by atoms with Crippen LogP contribution in [0.1, 0.15) is 5.76 Å². The Morgan fingerprint density at radius 3 is 3.04 bits per heavy atom. The standard InChI is InChI=1S/C13H15N5O3S2/c1-2-5-14-12-17-18-13(23-12)22-8-10(19)16-11(20)15-7-9-4-3-6-21-9/h2-4,6H,1,5,7-8H2,(H,14,17)(H2,15,16,19,20). The van der Waals surface area contributed by atoms with Crippen molar-refractivity contribution in [3.05, 3.63) is 36.8 Å². The molecule has 0 aliphatic heterocycles. The fourth-order valence-electron chi connectivity index (χ4n) is 1.41. The van der Waals surface area contributed by atoms with E-state index in [1.807, 2.05) is 0 Å². The SMILES string of the molecule is C=CCNc1nnc(SCC(=O)NC(=O)NCc2ccco2)s1. The van der Waals surface area contributed by atoms with Crippen LogP contribution < -0.4 is 16.0 Å². The summed E-state index contributed by atoms with van der Waals surface area (Å²) in [5.74, 6) is 0.266. The molecule has 3 N–H and O–H groups in total. The molecule has 0 radical (unpaired) electrons. The van der Waals surface area contributed by atoms with Gasteiger partial charge in [-0.3, -0.25) is 10.1 Å². The first-order valence-electron chi connectivity index (χ1n) is 6.58. The summed E-state index contributed by atoms with van der Waals surface area (Å²) in [5.41, 5.74) is 0. The van der Waals surface area contributed by atoms with Gasteiger partial charge in [-0.25, -0.2) is 4.79 Å². The van der Waals surface area contributed by atoms with Crippen LogP contribution in [0.3, 0.4) is 0 Å². The molecule has 10 heteroatoms. The molecule has 0 bridgehead atoms. The lowest BCUT2D eigenvalue weighted by Crippen LogP contribution is -2.39. The van der Waals surface area contributed by atoms with Crippen LogP contribution in [0.25, 0.3) is 0 Å². The number of hydrogen-bond acceptors (Lipinski definition) is 8. The number of nitrogens with zero attached hydrogens (tertiary/aromatic N) is 2. The van der Waals surface area contributed by atoms with Crippen molar-refractivity contribution in [2.75, 3.05) is 17.6 Å². The van der Waals surface area contributed by atoms with Crippen molar-refractivity contribution in [3.63, 3.8) is 0 Å². The highest BCUT2D eigenvalue weighted by Crippen LogP contribution is 2.24. The van der Waals surface area contributed by atoms with E-state index in [1.54, 1.807) is 18.2 Å². The van der Waals surface area contributed by atoms with E-state index in [2.05, 4.69) is 32.7 Å². The summed E-state index contributed by atoms with van der Waals surface area (Å²) in [4.78, 5) is 23.2. The van der Waals surface area contributed by atoms with E-state index in [1.165, 1.54) is 29.4 Å². The summed E-state index contributed by atoms with van der Waals surface area (Å²) in [7, 11) is 0. The van der Waals surface area contributed by atoms with E-state index in [9.17, 15) is 9.59 Å². The number of furan rings is 1. The molecule has 3 amide bonds. The van der Waals surface area contributed by atoms with E-state index in [-0.39, 0.29) is 12.3 Å². The van der Waals surface area contributed by atoms with Gasteiger partial charge in [-0.05, 0) is 12.1 Å². The molecule has 0 saturated carbocycles. The normalized spacial score (nSPS) is 10.1. The lowest BCUT2D eigenvalue weighted by atomic mass is 10.4. The van der Waals surface area contributed by atoms with Crippen LogP contribution in [0.4, 0.5) is 9.93 Å². The predicted octanol–water partition coefficient (Wildman–Crippen LogP) is 1.85. The Bertz CT molecular complexity index is 656. The van der Waals surface area contributed by atoms with Gasteiger partial charge in [0, 0.05) is 6.54 Å². The third-order valence-electron chi connectivity index (χ3n) is 2.39. The molecule has 0 aromatic carbocycles. The zero-order valence-corrected chi connectivity index (χ0v) is 13.7. The molecule has 0 aliphatic rings. The molecular formula is C13H15N5O3S2. The highest BCUT2D eigenvalue weighted by Gasteiger charge is 2.11. The minimum absolute atomic E-state index is 0.0737. The van der Waals surface area contributed by atoms with Crippen LogP contribution in [0.5, 0.6) is 0 Å². The number of anilines is 1. The lowest BCUT2D eigenvalue weighted by molar-refractivity contribution is -0.117. The summed E-state index contributed by atoms with van der Waals surface area (Å²) in [6.45, 7) is 4.40. The number of rotatable bonds is 8. The Hall–Kier alpha value is -2.33. The average Bonchev–Trinajstić information content (AvgIpc) is 3.20. The number of aromatic nitrogens is 2. The third kappa shape index (κ3) is 6.12. The van der Waals surface area contributed by atoms with Crippen molar-refractivity contribution in [2.24, 2.45) is 0 Å². The first-order valence-corrected chi connectivity index (χ1v) is 8.38. The molecule has 2 heterocycles. The molecule has 8 nitrogen and oxygen atoms in total. The van der Waals surface area contributed by atoms with E-state index in [4.69, 9.17) is 4.42 Å². The van der Waals surface area contributed by atoms with Gasteiger partial charge in [0.25, 0.3) is 0 Å². The molecule has 0 saturated heterocycles. The molecule has 0 aliphatic carbocycles. The summed E-state index contributed by atoms with van der Waals surface area (Å²) >= 11 is 2.54. The van der Waals surface area contributed by atoms with E-state index >= 15 is 0 Å². The van der Waals surface area contributed by atoms with Crippen molar-refractivity contribution in [1.29, 1.82) is 0 Å². The average molecular weight is 353 g/mol. The lowest BCUT2D eigenvalue weighted by Gasteiger charge is -2.04. The van der Waals surface area contributed by atoms with Gasteiger partial charge in [0.15, 0.2) is 4.34 Å². The number of nitrogens with one attached hydrogen (secondary N) is 3. The number of imide groups is 1. The monoisotopic (exact) mass is 353 g/mol. The number of carbonyl (C=O) groups excluding carboxylic acids is 2. The van der Waals surface area contributed by atoms with Gasteiger partial charge >= 0.3 is 6.03 Å². The van der Waals surface area contributed by atoms with Crippen LogP contribution in [0.2, 0.25) is 0 Å². The van der Waals surface area contributed by atoms with Crippen LogP contribution in [-0.4, -0.2) is 34.4 Å². The van der Waals surface area contributed by atoms with Gasteiger partial charge in [0.05, 0.1) is 18.6 Å². The van der Waals surface area contributed by atoms with Gasteiger partial charge in [-0.2, -0.15) is 0 Å². The van der Waals surface area contributed by atoms with Crippen LogP contribution in [0.15, 0.2) is 39.8 Å². The maximum atomic E-state index is 11.7.